The summed E-state index contributed by atoms with van der Waals surface area (Å²) in [6.07, 6.45) is -7.74. The summed E-state index contributed by atoms with van der Waals surface area (Å²) in [6.45, 7) is 1.13. The zero-order valence-corrected chi connectivity index (χ0v) is 29.2. The summed E-state index contributed by atoms with van der Waals surface area (Å²) in [4.78, 5) is 36.6. The van der Waals surface area contributed by atoms with E-state index >= 15 is 4.39 Å². The molecule has 1 aliphatic heterocycles. The number of nitrogens with zero attached hydrogens (tertiary/aromatic N) is 8. The molecule has 4 aromatic rings. The van der Waals surface area contributed by atoms with E-state index in [4.69, 9.17) is 22.1 Å². The van der Waals surface area contributed by atoms with Gasteiger partial charge in [-0.3, -0.25) is 19.1 Å². The first-order valence-electron chi connectivity index (χ1n) is 16.1. The molecule has 2 aromatic heterocycles. The maximum absolute atomic E-state index is 16.3. The third-order valence-electron chi connectivity index (χ3n) is 9.09. The Morgan fingerprint density at radius 3 is 2.37 bits per heavy atom. The molecule has 0 spiro atoms. The van der Waals surface area contributed by atoms with Crippen LogP contribution in [0.3, 0.4) is 0 Å². The first kappa shape index (κ1) is 38.6. The lowest BCUT2D eigenvalue weighted by Gasteiger charge is -2.35. The van der Waals surface area contributed by atoms with Crippen LogP contribution < -0.4 is 5.73 Å². The van der Waals surface area contributed by atoms with Crippen LogP contribution in [0, 0.1) is 16.6 Å². The van der Waals surface area contributed by atoms with Crippen molar-refractivity contribution in [3.8, 4) is 17.1 Å². The number of nitrogens with two attached hydrogens (primary N) is 1. The van der Waals surface area contributed by atoms with Gasteiger partial charge in [0.15, 0.2) is 28.6 Å². The molecule has 21 heteroatoms. The normalized spacial score (nSPS) is 19.1. The first-order chi connectivity index (χ1) is 25.2. The fourth-order valence-electron chi connectivity index (χ4n) is 6.46. The summed E-state index contributed by atoms with van der Waals surface area (Å²) in [5, 5.41) is 10.8. The fourth-order valence-corrected chi connectivity index (χ4v) is 6.66. The molecule has 1 amide bonds. The van der Waals surface area contributed by atoms with E-state index in [1.54, 1.807) is 20.8 Å². The average molecular weight is 788 g/mol. The van der Waals surface area contributed by atoms with Crippen LogP contribution in [0.2, 0.25) is 5.02 Å². The van der Waals surface area contributed by atoms with E-state index in [1.807, 2.05) is 0 Å². The van der Waals surface area contributed by atoms with Gasteiger partial charge in [-0.2, -0.15) is 27.1 Å². The van der Waals surface area contributed by atoms with Crippen LogP contribution >= 0.6 is 11.6 Å². The number of benzene rings is 2. The van der Waals surface area contributed by atoms with E-state index < -0.39 is 90.5 Å². The molecule has 1 fully saturated rings. The molecule has 0 saturated heterocycles. The van der Waals surface area contributed by atoms with E-state index in [9.17, 15) is 40.3 Å². The highest BCUT2D eigenvalue weighted by Crippen LogP contribution is 2.58. The quantitative estimate of drug-likeness (QED) is 0.126. The van der Waals surface area contributed by atoms with Crippen molar-refractivity contribution in [2.75, 3.05) is 6.61 Å². The lowest BCUT2D eigenvalue weighted by molar-refractivity contribution is -0.207. The molecule has 3 heterocycles. The lowest BCUT2D eigenvalue weighted by atomic mass is 9.75. The molecule has 0 unspecified atom stereocenters. The number of aromatic nitrogens is 6. The number of carbonyl (C=O) groups excluding carboxylic acids is 2. The van der Waals surface area contributed by atoms with Gasteiger partial charge < -0.3 is 10.5 Å². The molecule has 2 atom stereocenters. The van der Waals surface area contributed by atoms with Gasteiger partial charge in [-0.1, -0.05) is 50.6 Å². The molecule has 54 heavy (non-hydrogen) atoms. The molecule has 2 aliphatic rings. The first-order valence-corrected chi connectivity index (χ1v) is 16.5. The number of guanidine groups is 1. The van der Waals surface area contributed by atoms with Gasteiger partial charge in [0, 0.05) is 11.1 Å². The molecular weight excluding hydrogens is 758 g/mol. The minimum Gasteiger partial charge on any atom is -0.462 e. The Morgan fingerprint density at radius 2 is 1.78 bits per heavy atom. The van der Waals surface area contributed by atoms with Crippen molar-refractivity contribution in [1.82, 2.24) is 34.4 Å². The predicted molar refractivity (Wildman–Crippen MR) is 174 cm³/mol. The Kier molecular flexibility index (Phi) is 9.73. The van der Waals surface area contributed by atoms with E-state index in [0.29, 0.717) is 9.25 Å². The van der Waals surface area contributed by atoms with Crippen LogP contribution in [0.5, 0.6) is 0 Å². The molecule has 1 aliphatic carbocycles. The number of aliphatic imine (C=N–C) groups is 1. The maximum Gasteiger partial charge on any atom is 0.404 e. The molecule has 2 aromatic carbocycles. The highest BCUT2D eigenvalue weighted by Gasteiger charge is 2.70. The molecule has 1 saturated carbocycles. The largest absolute Gasteiger partial charge is 0.462 e. The molecular formula is C33H30ClF8N9O3. The molecule has 6 rings (SSSR count). The maximum atomic E-state index is 16.3. The third kappa shape index (κ3) is 6.75. The van der Waals surface area contributed by atoms with Gasteiger partial charge in [-0.15, -0.1) is 10.2 Å². The molecule has 12 nitrogen and oxygen atoms in total. The number of alkyl halides is 7. The van der Waals surface area contributed by atoms with Crippen LogP contribution in [0.1, 0.15) is 76.0 Å². The van der Waals surface area contributed by atoms with E-state index in [1.165, 1.54) is 24.3 Å². The molecule has 288 valence electrons. The second kappa shape index (κ2) is 13.6. The van der Waals surface area contributed by atoms with Crippen LogP contribution in [-0.4, -0.2) is 65.0 Å². The van der Waals surface area contributed by atoms with Gasteiger partial charge in [0.25, 0.3) is 12.3 Å². The molecule has 2 N–H and O–H groups in total. The topological polar surface area (TPSA) is 146 Å². The monoisotopic (exact) mass is 787 g/mol. The van der Waals surface area contributed by atoms with Gasteiger partial charge in [0.05, 0.1) is 16.8 Å². The highest BCUT2D eigenvalue weighted by molar-refractivity contribution is 6.32. The second-order valence-corrected chi connectivity index (χ2v) is 14.4. The van der Waals surface area contributed by atoms with Gasteiger partial charge >= 0.3 is 18.7 Å². The average Bonchev–Trinajstić information content (AvgIpc) is 3.40. The van der Waals surface area contributed by atoms with Crippen molar-refractivity contribution >= 4 is 29.4 Å². The van der Waals surface area contributed by atoms with Gasteiger partial charge in [-0.25, -0.2) is 27.8 Å². The number of hydrogen-bond donors (Lipinski definition) is 1. The number of hydrogen-bond acceptors (Lipinski definition) is 9. The zero-order valence-electron chi connectivity index (χ0n) is 28.5. The summed E-state index contributed by atoms with van der Waals surface area (Å²) in [5.41, 5.74) is 0.00971. The van der Waals surface area contributed by atoms with Crippen LogP contribution in [0.4, 0.5) is 35.1 Å². The van der Waals surface area contributed by atoms with E-state index in [-0.39, 0.29) is 39.6 Å². The Hall–Kier alpha value is -5.14. The lowest BCUT2D eigenvalue weighted by Crippen LogP contribution is -2.48. The zero-order chi connectivity index (χ0) is 39.5. The second-order valence-electron chi connectivity index (χ2n) is 14.0. The highest BCUT2D eigenvalue weighted by atomic mass is 35.5. The Labute approximate surface area is 306 Å². The summed E-state index contributed by atoms with van der Waals surface area (Å²) in [7, 11) is 0. The minimum absolute atomic E-state index is 0.0324. The van der Waals surface area contributed by atoms with Crippen molar-refractivity contribution in [3.05, 3.63) is 76.8 Å². The van der Waals surface area contributed by atoms with Gasteiger partial charge in [-0.05, 0) is 48.4 Å². The van der Waals surface area contributed by atoms with Gasteiger partial charge in [0.1, 0.15) is 25.1 Å². The Bertz CT molecular complexity index is 2130. The van der Waals surface area contributed by atoms with E-state index in [2.05, 4.69) is 25.3 Å². The van der Waals surface area contributed by atoms with Crippen LogP contribution in [0.15, 0.2) is 54.0 Å². The number of esters is 1. The summed E-state index contributed by atoms with van der Waals surface area (Å²) in [6, 6.07) is 5.34. The number of amides is 1. The predicted octanol–water partition coefficient (Wildman–Crippen LogP) is 7.07. The fraction of sp³-hybridized carbons (Fsp3) is 0.424. The minimum atomic E-state index is -4.94. The van der Waals surface area contributed by atoms with Crippen molar-refractivity contribution in [1.29, 1.82) is 0 Å². The third-order valence-corrected chi connectivity index (χ3v) is 9.41. The SMILES string of the molecule is CC(C)(C)C[C@]1(c2ccc(-c3nncn3C(F)F)cc2F)N=C(N)N([C@H](COC(=O)C2(C(F)(F)F)CC2)c2ccc(Cl)c(-n3ncnc3C(F)F)c2)C1=O. The summed E-state index contributed by atoms with van der Waals surface area (Å²) >= 11 is 6.36. The number of carbonyl (C=O) groups is 2. The number of halogens is 9. The number of ether oxygens (including phenoxy) is 1. The van der Waals surface area contributed by atoms with E-state index in [0.717, 1.165) is 29.7 Å². The molecule has 0 radical (unpaired) electrons. The summed E-state index contributed by atoms with van der Waals surface area (Å²) < 4.78 is 119. The summed E-state index contributed by atoms with van der Waals surface area (Å²) in [5.74, 6) is -5.44. The van der Waals surface area contributed by atoms with Crippen molar-refractivity contribution in [2.45, 2.75) is 70.8 Å². The standard InChI is InChI=1S/C33H30ClF8N9O3/c1-30(2,3)13-32(18-6-4-17(10-20(18)35)24-48-45-15-49(24)28(38)39)26(52)50(29(43)47-32)22(12-54-27(53)31(8-9-31)33(40,41)42)16-5-7-19(34)21(11-16)51-25(23(36)37)44-14-46-51/h4-7,10-11,14-15,22-23,28H,8-9,12-13H2,1-3H3,(H2,43,47)/t22-,32-/m1/s1. The van der Waals surface area contributed by atoms with Crippen molar-refractivity contribution in [2.24, 2.45) is 21.6 Å². The van der Waals surface area contributed by atoms with Crippen LogP contribution in [0.25, 0.3) is 17.1 Å². The smallest absolute Gasteiger partial charge is 0.404 e. The van der Waals surface area contributed by atoms with Crippen LogP contribution in [-0.2, 0) is 19.9 Å². The van der Waals surface area contributed by atoms with Gasteiger partial charge in [0.2, 0.25) is 0 Å². The number of rotatable bonds is 11. The Morgan fingerprint density at radius 1 is 1.07 bits per heavy atom. The Balaban J connectivity index is 1.46. The van der Waals surface area contributed by atoms with Crippen molar-refractivity contribution in [3.63, 3.8) is 0 Å². The molecule has 0 bridgehead atoms. The van der Waals surface area contributed by atoms with Crippen molar-refractivity contribution < 1.29 is 49.4 Å².